The van der Waals surface area contributed by atoms with Crippen molar-refractivity contribution in [1.82, 2.24) is 10.2 Å². The molecule has 2 aliphatic rings. The number of rotatable bonds is 5. The smallest absolute Gasteiger partial charge is 0.271 e. The maximum Gasteiger partial charge on any atom is 0.271 e. The summed E-state index contributed by atoms with van der Waals surface area (Å²) in [6, 6.07) is 6.24. The van der Waals surface area contributed by atoms with Gasteiger partial charge in [-0.05, 0) is 37.8 Å². The van der Waals surface area contributed by atoms with E-state index in [0.29, 0.717) is 12.5 Å². The average molecular weight is 359 g/mol. The Morgan fingerprint density at radius 1 is 1.29 bits per heavy atom. The van der Waals surface area contributed by atoms with Crippen LogP contribution in [0.3, 0.4) is 0 Å². The van der Waals surface area contributed by atoms with Crippen molar-refractivity contribution in [2.24, 2.45) is 5.92 Å². The van der Waals surface area contributed by atoms with Gasteiger partial charge in [0.1, 0.15) is 0 Å². The molecule has 1 aromatic rings. The predicted octanol–water partition coefficient (Wildman–Crippen LogP) is 3.82. The number of hydrogen-bond donors (Lipinski definition) is 1. The maximum atomic E-state index is 13.9. The molecular weight excluding hydrogens is 334 g/mol. The van der Waals surface area contributed by atoms with E-state index in [1.165, 1.54) is 18.6 Å². The number of amides is 1. The summed E-state index contributed by atoms with van der Waals surface area (Å²) in [6.07, 6.45) is 4.37. The Morgan fingerprint density at radius 3 is 2.54 bits per heavy atom. The lowest BCUT2D eigenvalue weighted by Gasteiger charge is -2.36. The summed E-state index contributed by atoms with van der Waals surface area (Å²) in [7, 11) is 0. The van der Waals surface area contributed by atoms with Gasteiger partial charge in [-0.1, -0.05) is 24.6 Å². The Labute approximate surface area is 148 Å². The highest BCUT2D eigenvalue weighted by atomic mass is 35.5. The summed E-state index contributed by atoms with van der Waals surface area (Å²) in [6.45, 7) is 3.18. The van der Waals surface area contributed by atoms with Crippen LogP contribution in [0.25, 0.3) is 0 Å². The summed E-state index contributed by atoms with van der Waals surface area (Å²) in [5.41, 5.74) is -0.0270. The van der Waals surface area contributed by atoms with Crippen molar-refractivity contribution in [3.63, 3.8) is 0 Å². The van der Waals surface area contributed by atoms with E-state index in [-0.39, 0.29) is 35.5 Å². The van der Waals surface area contributed by atoms with Gasteiger partial charge in [0, 0.05) is 37.2 Å². The van der Waals surface area contributed by atoms with E-state index < -0.39 is 5.92 Å². The molecule has 0 unspecified atom stereocenters. The Morgan fingerprint density at radius 2 is 2.00 bits per heavy atom. The third-order valence-corrected chi connectivity index (χ3v) is 5.05. The lowest BCUT2D eigenvalue weighted by molar-refractivity contribution is 0.0152. The first-order valence-electron chi connectivity index (χ1n) is 8.46. The van der Waals surface area contributed by atoms with E-state index in [9.17, 15) is 13.6 Å². The molecule has 3 rings (SSSR count). The first-order valence-corrected chi connectivity index (χ1v) is 8.46. The molecule has 3 nitrogen and oxygen atoms in total. The molecule has 0 spiro atoms. The van der Waals surface area contributed by atoms with Gasteiger partial charge >= 0.3 is 0 Å². The SMILES string of the molecule is CC(F)(F)c1ccccc1C(=O)N(CC1CCC1)[C@H]1CCNC1.Cl. The number of carbonyl (C=O) groups excluding carboxylic acids is 1. The van der Waals surface area contributed by atoms with Gasteiger partial charge in [0.2, 0.25) is 0 Å². The quantitative estimate of drug-likeness (QED) is 0.867. The maximum absolute atomic E-state index is 13.9. The molecule has 1 atom stereocenters. The molecule has 1 aliphatic heterocycles. The summed E-state index contributed by atoms with van der Waals surface area (Å²) < 4.78 is 27.7. The van der Waals surface area contributed by atoms with E-state index in [4.69, 9.17) is 0 Å². The minimum Gasteiger partial charge on any atom is -0.334 e. The first kappa shape index (κ1) is 19.1. The summed E-state index contributed by atoms with van der Waals surface area (Å²) in [5, 5.41) is 3.27. The standard InChI is InChI=1S/C18H24F2N2O.ClH/c1-18(19,20)16-8-3-2-7-15(16)17(23)22(12-13-5-4-6-13)14-9-10-21-11-14;/h2-3,7-8,13-14,21H,4-6,9-12H2,1H3;1H/t14-;/m0./s1. The molecule has 1 aliphatic carbocycles. The fourth-order valence-corrected chi connectivity index (χ4v) is 3.46. The largest absolute Gasteiger partial charge is 0.334 e. The Balaban J connectivity index is 0.00000208. The topological polar surface area (TPSA) is 32.3 Å². The molecule has 0 aromatic heterocycles. The average Bonchev–Trinajstić information content (AvgIpc) is 2.99. The highest BCUT2D eigenvalue weighted by molar-refractivity contribution is 5.96. The number of hydrogen-bond acceptors (Lipinski definition) is 2. The number of benzene rings is 1. The molecular formula is C18H25ClF2N2O. The molecule has 1 amide bonds. The van der Waals surface area contributed by atoms with Crippen LogP contribution in [-0.4, -0.2) is 36.5 Å². The summed E-state index contributed by atoms with van der Waals surface area (Å²) in [4.78, 5) is 14.9. The van der Waals surface area contributed by atoms with Crippen LogP contribution in [0.15, 0.2) is 24.3 Å². The van der Waals surface area contributed by atoms with Crippen LogP contribution in [0.5, 0.6) is 0 Å². The van der Waals surface area contributed by atoms with Crippen molar-refractivity contribution in [3.05, 3.63) is 35.4 Å². The van der Waals surface area contributed by atoms with Crippen molar-refractivity contribution < 1.29 is 13.6 Å². The molecule has 2 fully saturated rings. The molecule has 0 bridgehead atoms. The van der Waals surface area contributed by atoms with Gasteiger partial charge in [0.25, 0.3) is 11.8 Å². The van der Waals surface area contributed by atoms with Crippen LogP contribution < -0.4 is 5.32 Å². The molecule has 24 heavy (non-hydrogen) atoms. The minimum atomic E-state index is -3.01. The van der Waals surface area contributed by atoms with Gasteiger partial charge < -0.3 is 10.2 Å². The lowest BCUT2D eigenvalue weighted by Crippen LogP contribution is -2.45. The molecule has 1 aromatic carbocycles. The Kier molecular flexibility index (Phi) is 6.21. The van der Waals surface area contributed by atoms with Crippen molar-refractivity contribution in [2.75, 3.05) is 19.6 Å². The zero-order valence-electron chi connectivity index (χ0n) is 13.9. The van der Waals surface area contributed by atoms with Crippen LogP contribution in [0.2, 0.25) is 0 Å². The second-order valence-electron chi connectivity index (χ2n) is 6.84. The van der Waals surface area contributed by atoms with Gasteiger partial charge in [-0.15, -0.1) is 12.4 Å². The van der Waals surface area contributed by atoms with E-state index in [2.05, 4.69) is 5.32 Å². The second kappa shape index (κ2) is 7.79. The van der Waals surface area contributed by atoms with Gasteiger partial charge in [0.15, 0.2) is 0 Å². The first-order chi connectivity index (χ1) is 11.0. The van der Waals surface area contributed by atoms with E-state index >= 15 is 0 Å². The highest BCUT2D eigenvalue weighted by Gasteiger charge is 2.35. The van der Waals surface area contributed by atoms with Crippen molar-refractivity contribution in [2.45, 2.75) is 44.6 Å². The monoisotopic (exact) mass is 358 g/mol. The van der Waals surface area contributed by atoms with E-state index in [1.54, 1.807) is 12.1 Å². The van der Waals surface area contributed by atoms with Crippen LogP contribution in [0, 0.1) is 5.92 Å². The summed E-state index contributed by atoms with van der Waals surface area (Å²) in [5.74, 6) is -2.74. The lowest BCUT2D eigenvalue weighted by atomic mass is 9.84. The normalized spacial score (nSPS) is 21.0. The predicted molar refractivity (Wildman–Crippen MR) is 92.9 cm³/mol. The highest BCUT2D eigenvalue weighted by Crippen LogP contribution is 2.33. The Bertz CT molecular complexity index is 566. The fourth-order valence-electron chi connectivity index (χ4n) is 3.46. The number of halogens is 3. The van der Waals surface area contributed by atoms with Gasteiger partial charge in [-0.2, -0.15) is 0 Å². The zero-order chi connectivity index (χ0) is 16.4. The third-order valence-electron chi connectivity index (χ3n) is 5.05. The zero-order valence-corrected chi connectivity index (χ0v) is 14.7. The van der Waals surface area contributed by atoms with Crippen LogP contribution >= 0.6 is 12.4 Å². The Hall–Kier alpha value is -1.20. The number of carbonyl (C=O) groups is 1. The van der Waals surface area contributed by atoms with Gasteiger partial charge in [0.05, 0.1) is 0 Å². The van der Waals surface area contributed by atoms with E-state index in [0.717, 1.165) is 39.3 Å². The minimum absolute atomic E-state index is 0. The van der Waals surface area contributed by atoms with Crippen molar-refractivity contribution in [1.29, 1.82) is 0 Å². The molecule has 1 saturated carbocycles. The molecule has 1 saturated heterocycles. The van der Waals surface area contributed by atoms with Crippen molar-refractivity contribution >= 4 is 18.3 Å². The number of nitrogens with zero attached hydrogens (tertiary/aromatic N) is 1. The van der Waals surface area contributed by atoms with E-state index in [1.807, 2.05) is 4.90 Å². The summed E-state index contributed by atoms with van der Waals surface area (Å²) >= 11 is 0. The van der Waals surface area contributed by atoms with Gasteiger partial charge in [-0.25, -0.2) is 8.78 Å². The second-order valence-corrected chi connectivity index (χ2v) is 6.84. The third kappa shape index (κ3) is 4.06. The van der Waals surface area contributed by atoms with Crippen LogP contribution in [-0.2, 0) is 5.92 Å². The fraction of sp³-hybridized carbons (Fsp3) is 0.611. The van der Waals surface area contributed by atoms with Crippen LogP contribution in [0.4, 0.5) is 8.78 Å². The molecule has 1 heterocycles. The number of alkyl halides is 2. The van der Waals surface area contributed by atoms with Crippen LogP contribution in [0.1, 0.15) is 48.5 Å². The van der Waals surface area contributed by atoms with Gasteiger partial charge in [-0.3, -0.25) is 4.79 Å². The molecule has 1 N–H and O–H groups in total. The number of nitrogens with one attached hydrogen (secondary N) is 1. The molecule has 0 radical (unpaired) electrons. The molecule has 6 heteroatoms. The van der Waals surface area contributed by atoms with Crippen molar-refractivity contribution in [3.8, 4) is 0 Å². The molecule has 134 valence electrons.